The maximum atomic E-state index is 10.6. The molecule has 1 fully saturated rings. The van der Waals surface area contributed by atoms with Crippen molar-refractivity contribution in [1.29, 1.82) is 0 Å². The van der Waals surface area contributed by atoms with E-state index in [4.69, 9.17) is 9.47 Å². The average molecular weight is 366 g/mol. The van der Waals surface area contributed by atoms with E-state index >= 15 is 0 Å². The van der Waals surface area contributed by atoms with Gasteiger partial charge in [-0.15, -0.1) is 0 Å². The Balaban J connectivity index is 2.05. The molecule has 0 radical (unpaired) electrons. The Bertz CT molecular complexity index is 717. The maximum absolute atomic E-state index is 10.6. The number of hydrogen-bond donors (Lipinski definition) is 4. The van der Waals surface area contributed by atoms with Crippen molar-refractivity contribution in [3.63, 3.8) is 0 Å². The summed E-state index contributed by atoms with van der Waals surface area (Å²) in [6, 6.07) is 0. The van der Waals surface area contributed by atoms with Crippen LogP contribution in [-0.2, 0) is 11.2 Å². The average Bonchev–Trinajstić information content (AvgIpc) is 2.61. The van der Waals surface area contributed by atoms with Crippen molar-refractivity contribution in [1.82, 2.24) is 0 Å². The number of phenols is 1. The highest BCUT2D eigenvalue weighted by atomic mass is 16.6. The van der Waals surface area contributed by atoms with Crippen LogP contribution in [0.4, 0.5) is 0 Å². The molecule has 0 aromatic heterocycles. The number of phenolic OH excluding ortho intramolecular Hbond substituents is 1. The third-order valence-corrected chi connectivity index (χ3v) is 6.57. The summed E-state index contributed by atoms with van der Waals surface area (Å²) in [4.78, 5) is 0. The molecule has 3 rings (SSSR count). The molecule has 0 amide bonds. The summed E-state index contributed by atoms with van der Waals surface area (Å²) in [7, 11) is 0. The van der Waals surface area contributed by atoms with Crippen LogP contribution in [-0.4, -0.2) is 56.5 Å². The first-order chi connectivity index (χ1) is 12.0. The predicted molar refractivity (Wildman–Crippen MR) is 96.6 cm³/mol. The molecule has 2 aliphatic rings. The van der Waals surface area contributed by atoms with Gasteiger partial charge in [0.1, 0.15) is 41.5 Å². The lowest BCUT2D eigenvalue weighted by atomic mass is 9.73. The smallest absolute Gasteiger partial charge is 0.138 e. The van der Waals surface area contributed by atoms with Crippen LogP contribution in [0.15, 0.2) is 0 Å². The van der Waals surface area contributed by atoms with E-state index in [2.05, 4.69) is 0 Å². The number of fused-ring (bicyclic) bond motifs is 1. The van der Waals surface area contributed by atoms with Crippen molar-refractivity contribution in [2.24, 2.45) is 5.92 Å². The van der Waals surface area contributed by atoms with E-state index in [0.29, 0.717) is 17.9 Å². The highest BCUT2D eigenvalue weighted by molar-refractivity contribution is 5.58. The first-order valence-electron chi connectivity index (χ1n) is 9.21. The van der Waals surface area contributed by atoms with E-state index in [9.17, 15) is 20.4 Å². The largest absolute Gasteiger partial charge is 0.507 e. The van der Waals surface area contributed by atoms with E-state index in [1.54, 1.807) is 6.92 Å². The molecule has 4 N–H and O–H groups in total. The predicted octanol–water partition coefficient (Wildman–Crippen LogP) is 1.52. The van der Waals surface area contributed by atoms with Crippen LogP contribution in [0.3, 0.4) is 0 Å². The molecule has 6 heteroatoms. The molecule has 146 valence electrons. The van der Waals surface area contributed by atoms with Crippen LogP contribution in [0.5, 0.6) is 11.5 Å². The molecule has 6 nitrogen and oxygen atoms in total. The third-order valence-electron chi connectivity index (χ3n) is 6.57. The molecule has 0 saturated carbocycles. The summed E-state index contributed by atoms with van der Waals surface area (Å²) in [5.41, 5.74) is 2.52. The van der Waals surface area contributed by atoms with Crippen molar-refractivity contribution in [3.05, 3.63) is 22.3 Å². The lowest BCUT2D eigenvalue weighted by Crippen LogP contribution is -2.67. The second-order valence-corrected chi connectivity index (χ2v) is 8.16. The molecular formula is C20H30O6. The Morgan fingerprint density at radius 2 is 1.54 bits per heavy atom. The van der Waals surface area contributed by atoms with Crippen LogP contribution in [0, 0.1) is 26.7 Å². The first-order valence-corrected chi connectivity index (χ1v) is 9.21. The molecule has 26 heavy (non-hydrogen) atoms. The summed E-state index contributed by atoms with van der Waals surface area (Å²) in [5, 5.41) is 41.2. The van der Waals surface area contributed by atoms with Gasteiger partial charge < -0.3 is 29.9 Å². The van der Waals surface area contributed by atoms with Gasteiger partial charge in [-0.05, 0) is 57.7 Å². The number of aliphatic hydroxyl groups excluding tert-OH is 3. The Kier molecular flexibility index (Phi) is 4.76. The van der Waals surface area contributed by atoms with Crippen LogP contribution >= 0.6 is 0 Å². The Morgan fingerprint density at radius 3 is 2.15 bits per heavy atom. The fraction of sp³-hybridized carbons (Fsp3) is 0.700. The zero-order valence-electron chi connectivity index (χ0n) is 16.3. The van der Waals surface area contributed by atoms with Crippen molar-refractivity contribution in [3.8, 4) is 11.5 Å². The van der Waals surface area contributed by atoms with E-state index in [-0.39, 0.29) is 5.92 Å². The van der Waals surface area contributed by atoms with Gasteiger partial charge in [0.15, 0.2) is 0 Å². The molecule has 7 atom stereocenters. The molecule has 1 aromatic carbocycles. The molecule has 2 unspecified atom stereocenters. The number of benzene rings is 1. The van der Waals surface area contributed by atoms with Crippen LogP contribution in [0.2, 0.25) is 0 Å². The quantitative estimate of drug-likeness (QED) is 0.601. The van der Waals surface area contributed by atoms with Crippen molar-refractivity contribution in [2.45, 2.75) is 84.1 Å². The second kappa shape index (κ2) is 6.37. The van der Waals surface area contributed by atoms with Gasteiger partial charge in [-0.25, -0.2) is 0 Å². The number of aliphatic hydroxyl groups is 3. The fourth-order valence-electron chi connectivity index (χ4n) is 4.25. The maximum Gasteiger partial charge on any atom is 0.138 e. The SMILES string of the molecule is Cc1c(C)c2c(c(C)c1O)CC(C)C(C)([C@H]1O[C@@H](C)[C@@H](O)[C@@H](O)[C@@H]1O)O2. The molecule has 0 spiro atoms. The van der Waals surface area contributed by atoms with Gasteiger partial charge in [0, 0.05) is 11.5 Å². The van der Waals surface area contributed by atoms with Crippen LogP contribution in [0.25, 0.3) is 0 Å². The number of rotatable bonds is 1. The molecule has 1 saturated heterocycles. The highest BCUT2D eigenvalue weighted by Crippen LogP contribution is 2.48. The van der Waals surface area contributed by atoms with Gasteiger partial charge in [-0.2, -0.15) is 0 Å². The highest BCUT2D eigenvalue weighted by Gasteiger charge is 2.55. The van der Waals surface area contributed by atoms with Crippen molar-refractivity contribution >= 4 is 0 Å². The first kappa shape index (κ1) is 19.4. The fourth-order valence-corrected chi connectivity index (χ4v) is 4.25. The molecule has 0 aliphatic carbocycles. The summed E-state index contributed by atoms with van der Waals surface area (Å²) >= 11 is 0. The van der Waals surface area contributed by atoms with E-state index in [0.717, 1.165) is 22.3 Å². The molecule has 1 aromatic rings. The van der Waals surface area contributed by atoms with Crippen LogP contribution in [0.1, 0.15) is 43.0 Å². The molecule has 2 heterocycles. The minimum atomic E-state index is -1.29. The second-order valence-electron chi connectivity index (χ2n) is 8.16. The minimum Gasteiger partial charge on any atom is -0.507 e. The van der Waals surface area contributed by atoms with Crippen molar-refractivity contribution in [2.75, 3.05) is 0 Å². The van der Waals surface area contributed by atoms with Gasteiger partial charge >= 0.3 is 0 Å². The lowest BCUT2D eigenvalue weighted by molar-refractivity contribution is -0.262. The Hall–Kier alpha value is -1.34. The summed E-state index contributed by atoms with van der Waals surface area (Å²) in [6.45, 7) is 11.2. The number of aromatic hydroxyl groups is 1. The normalized spacial score (nSPS) is 40.0. The van der Waals surface area contributed by atoms with Gasteiger partial charge in [0.2, 0.25) is 0 Å². The summed E-state index contributed by atoms with van der Waals surface area (Å²) < 4.78 is 12.3. The van der Waals surface area contributed by atoms with Gasteiger partial charge in [-0.1, -0.05) is 6.92 Å². The summed E-state index contributed by atoms with van der Waals surface area (Å²) in [5.74, 6) is 0.966. The van der Waals surface area contributed by atoms with Gasteiger partial charge in [-0.3, -0.25) is 0 Å². The standard InChI is InChI=1S/C20H30O6/c1-8-7-13-11(4)14(21)9(2)10(3)18(13)26-20(8,6)19-17(24)16(23)15(22)12(5)25-19/h8,12,15-17,19,21-24H,7H2,1-6H3/t8?,12-,15+,16+,17-,19-,20?/m0/s1. The summed E-state index contributed by atoms with van der Waals surface area (Å²) in [6.07, 6.45) is -4.42. The monoisotopic (exact) mass is 366 g/mol. The molecule has 2 aliphatic heterocycles. The zero-order chi connectivity index (χ0) is 19.5. The topological polar surface area (TPSA) is 99.4 Å². The molecule has 0 bridgehead atoms. The zero-order valence-corrected chi connectivity index (χ0v) is 16.3. The van der Waals surface area contributed by atoms with Crippen LogP contribution < -0.4 is 4.74 Å². The Morgan fingerprint density at radius 1 is 0.923 bits per heavy atom. The van der Waals surface area contributed by atoms with E-state index < -0.39 is 36.1 Å². The lowest BCUT2D eigenvalue weighted by Gasteiger charge is -2.51. The van der Waals surface area contributed by atoms with Crippen molar-refractivity contribution < 1.29 is 29.9 Å². The molecular weight excluding hydrogens is 336 g/mol. The van der Waals surface area contributed by atoms with Gasteiger partial charge in [0.05, 0.1) is 6.10 Å². The third kappa shape index (κ3) is 2.62. The number of ether oxygens (including phenoxy) is 2. The van der Waals surface area contributed by atoms with E-state index in [1.165, 1.54) is 0 Å². The van der Waals surface area contributed by atoms with E-state index in [1.807, 2.05) is 34.6 Å². The minimum absolute atomic E-state index is 0.0375. The van der Waals surface area contributed by atoms with Gasteiger partial charge in [0.25, 0.3) is 0 Å². The number of hydrogen-bond acceptors (Lipinski definition) is 6. The Labute approximate surface area is 154 Å².